The van der Waals surface area contributed by atoms with Crippen LogP contribution in [0.15, 0.2) is 52.3 Å². The zero-order valence-corrected chi connectivity index (χ0v) is 23.4. The molecule has 3 fully saturated rings. The van der Waals surface area contributed by atoms with Crippen molar-refractivity contribution in [1.82, 2.24) is 14.3 Å². The van der Waals surface area contributed by atoms with Gasteiger partial charge in [-0.2, -0.15) is 0 Å². The lowest BCUT2D eigenvalue weighted by molar-refractivity contribution is -0.124. The Balaban J connectivity index is 1.36. The van der Waals surface area contributed by atoms with E-state index >= 15 is 0 Å². The molecule has 7 nitrogen and oxygen atoms in total. The molecule has 4 heterocycles. The average molecular weight is 564 g/mol. The first-order valence-electron chi connectivity index (χ1n) is 13.5. The van der Waals surface area contributed by atoms with Gasteiger partial charge in [0, 0.05) is 44.1 Å². The van der Waals surface area contributed by atoms with E-state index in [1.165, 1.54) is 30.3 Å². The lowest BCUT2D eigenvalue weighted by atomic mass is 9.94. The molecular weight excluding hydrogens is 533 g/mol. The number of hydrogen-bond acceptors (Lipinski definition) is 7. The molecule has 3 aromatic rings. The highest BCUT2D eigenvalue weighted by atomic mass is 32.2. The number of piperazine rings is 1. The molecule has 39 heavy (non-hydrogen) atoms. The molecule has 10 heteroatoms. The topological polar surface area (TPSA) is 61.2 Å². The highest BCUT2D eigenvalue weighted by molar-refractivity contribution is 8.26. The van der Waals surface area contributed by atoms with Gasteiger partial charge in [0.05, 0.1) is 10.5 Å². The maximum absolute atomic E-state index is 13.9. The molecule has 0 N–H and O–H groups in total. The number of halogens is 1. The van der Waals surface area contributed by atoms with Crippen LogP contribution in [0.25, 0.3) is 11.7 Å². The summed E-state index contributed by atoms with van der Waals surface area (Å²) in [5, 5.41) is 0. The van der Waals surface area contributed by atoms with Crippen molar-refractivity contribution in [3.63, 3.8) is 0 Å². The van der Waals surface area contributed by atoms with E-state index in [2.05, 4.69) is 9.80 Å². The van der Waals surface area contributed by atoms with E-state index in [4.69, 9.17) is 17.2 Å². The molecule has 202 valence electrons. The summed E-state index contributed by atoms with van der Waals surface area (Å²) < 4.78 is 15.5. The minimum Gasteiger partial charge on any atom is -0.368 e. The van der Waals surface area contributed by atoms with Crippen LogP contribution in [0, 0.1) is 12.7 Å². The summed E-state index contributed by atoms with van der Waals surface area (Å²) in [5.74, 6) is 0.209. The lowest BCUT2D eigenvalue weighted by Gasteiger charge is -2.37. The van der Waals surface area contributed by atoms with Crippen molar-refractivity contribution in [3.05, 3.63) is 74.8 Å². The minimum atomic E-state index is -0.257. The van der Waals surface area contributed by atoms with Gasteiger partial charge in [0.25, 0.3) is 11.5 Å². The Morgan fingerprint density at radius 2 is 1.69 bits per heavy atom. The molecule has 1 aromatic carbocycles. The highest BCUT2D eigenvalue weighted by Gasteiger charge is 2.38. The number of nitrogens with zero attached hydrogens (tertiary/aromatic N) is 5. The van der Waals surface area contributed by atoms with Crippen LogP contribution in [-0.4, -0.2) is 56.7 Å². The number of rotatable bonds is 4. The minimum absolute atomic E-state index is 0.113. The standard InChI is InChI=1S/C29H30FN5O2S2/c1-19-6-5-13-34-25(19)31-26(33-16-14-32(15-17-33)21-11-9-20(30)10-12-21)23(27(34)36)18-24-28(37)35(29(38)39-24)22-7-3-2-4-8-22/h5-6,9-13,18,22H,2-4,7-8,14-17H2,1H3. The van der Waals surface area contributed by atoms with Crippen molar-refractivity contribution in [1.29, 1.82) is 0 Å². The van der Waals surface area contributed by atoms with Crippen molar-refractivity contribution in [3.8, 4) is 0 Å². The number of benzene rings is 1. The molecule has 1 saturated carbocycles. The predicted molar refractivity (Wildman–Crippen MR) is 159 cm³/mol. The van der Waals surface area contributed by atoms with Gasteiger partial charge in [-0.25, -0.2) is 9.37 Å². The monoisotopic (exact) mass is 563 g/mol. The molecule has 1 amide bonds. The summed E-state index contributed by atoms with van der Waals surface area (Å²) in [7, 11) is 0. The average Bonchev–Trinajstić information content (AvgIpc) is 3.23. The van der Waals surface area contributed by atoms with Crippen molar-refractivity contribution < 1.29 is 9.18 Å². The fraction of sp³-hybridized carbons (Fsp3) is 0.379. The van der Waals surface area contributed by atoms with Crippen LogP contribution in [0.3, 0.4) is 0 Å². The molecule has 6 rings (SSSR count). The molecule has 0 unspecified atom stereocenters. The Kier molecular flexibility index (Phi) is 7.16. The van der Waals surface area contributed by atoms with Gasteiger partial charge in [-0.3, -0.25) is 18.9 Å². The van der Waals surface area contributed by atoms with Crippen LogP contribution in [-0.2, 0) is 4.79 Å². The van der Waals surface area contributed by atoms with Crippen molar-refractivity contribution >= 4 is 57.4 Å². The van der Waals surface area contributed by atoms with Crippen LogP contribution in [0.5, 0.6) is 0 Å². The van der Waals surface area contributed by atoms with Gasteiger partial charge in [0.1, 0.15) is 21.6 Å². The summed E-state index contributed by atoms with van der Waals surface area (Å²) in [5.41, 5.74) is 2.66. The Hall–Kier alpha value is -3.24. The number of amides is 1. The fourth-order valence-corrected chi connectivity index (χ4v) is 7.14. The zero-order valence-electron chi connectivity index (χ0n) is 21.8. The second kappa shape index (κ2) is 10.7. The van der Waals surface area contributed by atoms with Gasteiger partial charge in [0.2, 0.25) is 0 Å². The number of pyridine rings is 1. The number of thiocarbonyl (C=S) groups is 1. The lowest BCUT2D eigenvalue weighted by Crippen LogP contribution is -2.47. The largest absolute Gasteiger partial charge is 0.368 e. The second-order valence-corrected chi connectivity index (χ2v) is 12.0. The van der Waals surface area contributed by atoms with Crippen LogP contribution in [0.1, 0.15) is 43.2 Å². The molecule has 2 aliphatic heterocycles. The molecular formula is C29H30FN5O2S2. The third kappa shape index (κ3) is 4.96. The number of anilines is 2. The Morgan fingerprint density at radius 1 is 1.00 bits per heavy atom. The van der Waals surface area contributed by atoms with E-state index in [1.54, 1.807) is 33.7 Å². The number of carbonyl (C=O) groups excluding carboxylic acids is 1. The summed E-state index contributed by atoms with van der Waals surface area (Å²) in [6.45, 7) is 4.60. The SMILES string of the molecule is Cc1cccn2c(=O)c(C=C3SC(=S)N(C4CCCCC4)C3=O)c(N3CCN(c4ccc(F)cc4)CC3)nc12. The summed E-state index contributed by atoms with van der Waals surface area (Å²) in [6.07, 6.45) is 8.74. The number of fused-ring (bicyclic) bond motifs is 1. The van der Waals surface area contributed by atoms with Gasteiger partial charge in [-0.15, -0.1) is 0 Å². The quantitative estimate of drug-likeness (QED) is 0.327. The first-order valence-corrected chi connectivity index (χ1v) is 14.7. The van der Waals surface area contributed by atoms with Crippen LogP contribution >= 0.6 is 24.0 Å². The predicted octanol–water partition coefficient (Wildman–Crippen LogP) is 5.00. The second-order valence-electron chi connectivity index (χ2n) is 10.3. The molecule has 2 aromatic heterocycles. The van der Waals surface area contributed by atoms with Gasteiger partial charge in [-0.05, 0) is 61.7 Å². The summed E-state index contributed by atoms with van der Waals surface area (Å²) in [4.78, 5) is 38.9. The zero-order chi connectivity index (χ0) is 27.1. The first-order chi connectivity index (χ1) is 18.9. The van der Waals surface area contributed by atoms with Crippen molar-refractivity contribution in [2.75, 3.05) is 36.0 Å². The summed E-state index contributed by atoms with van der Waals surface area (Å²) in [6, 6.07) is 10.4. The summed E-state index contributed by atoms with van der Waals surface area (Å²) >= 11 is 6.91. The van der Waals surface area contributed by atoms with E-state index in [9.17, 15) is 14.0 Å². The normalized spacial score (nSPS) is 20.1. The number of hydrogen-bond donors (Lipinski definition) is 0. The molecule has 0 spiro atoms. The van der Waals surface area contributed by atoms with Gasteiger partial charge in [-0.1, -0.05) is 49.3 Å². The maximum atomic E-state index is 13.9. The van der Waals surface area contributed by atoms with Crippen LogP contribution in [0.4, 0.5) is 15.9 Å². The van der Waals surface area contributed by atoms with E-state index in [-0.39, 0.29) is 23.3 Å². The van der Waals surface area contributed by atoms with E-state index < -0.39 is 0 Å². The third-order valence-corrected chi connectivity index (χ3v) is 9.20. The van der Waals surface area contributed by atoms with E-state index in [0.29, 0.717) is 52.4 Å². The molecule has 0 radical (unpaired) electrons. The van der Waals surface area contributed by atoms with Crippen molar-refractivity contribution in [2.45, 2.75) is 45.1 Å². The molecule has 0 bridgehead atoms. The van der Waals surface area contributed by atoms with Gasteiger partial charge < -0.3 is 9.80 Å². The maximum Gasteiger partial charge on any atom is 0.267 e. The molecule has 3 aliphatic rings. The van der Waals surface area contributed by atoms with E-state index in [0.717, 1.165) is 36.9 Å². The Labute approximate surface area is 236 Å². The molecule has 0 atom stereocenters. The van der Waals surface area contributed by atoms with Crippen molar-refractivity contribution in [2.24, 2.45) is 0 Å². The number of carbonyl (C=O) groups is 1. The van der Waals surface area contributed by atoms with Gasteiger partial charge >= 0.3 is 0 Å². The van der Waals surface area contributed by atoms with Crippen LogP contribution in [0.2, 0.25) is 0 Å². The smallest absolute Gasteiger partial charge is 0.267 e. The fourth-order valence-electron chi connectivity index (χ4n) is 5.76. The number of aryl methyl sites for hydroxylation is 1. The molecule has 1 aliphatic carbocycles. The number of thioether (sulfide) groups is 1. The Morgan fingerprint density at radius 3 is 2.41 bits per heavy atom. The highest BCUT2D eigenvalue weighted by Crippen LogP contribution is 2.38. The third-order valence-electron chi connectivity index (χ3n) is 7.87. The Bertz CT molecular complexity index is 1520. The molecule has 2 saturated heterocycles. The first kappa shape index (κ1) is 26.0. The number of aromatic nitrogens is 2. The van der Waals surface area contributed by atoms with Crippen LogP contribution < -0.4 is 15.4 Å². The van der Waals surface area contributed by atoms with Gasteiger partial charge in [0.15, 0.2) is 0 Å². The van der Waals surface area contributed by atoms with E-state index in [1.807, 2.05) is 19.1 Å².